The van der Waals surface area contributed by atoms with E-state index in [2.05, 4.69) is 40.2 Å². The van der Waals surface area contributed by atoms with E-state index in [1.54, 1.807) is 0 Å². The predicted molar refractivity (Wildman–Crippen MR) is 162 cm³/mol. The van der Waals surface area contributed by atoms with Gasteiger partial charge in [-0.05, 0) is 92.5 Å². The molecule has 1 atom stereocenters. The number of benzene rings is 3. The van der Waals surface area contributed by atoms with Crippen molar-refractivity contribution in [3.8, 4) is 28.1 Å². The fraction of sp³-hybridized carbons (Fsp3) is 0.400. The molecule has 2 heterocycles. The molecular weight excluding hydrogens is 531 g/mol. The third kappa shape index (κ3) is 5.50. The zero-order valence-corrected chi connectivity index (χ0v) is 24.0. The number of anilines is 1. The fourth-order valence-electron chi connectivity index (χ4n) is 6.26. The Hall–Kier alpha value is -3.84. The SMILES string of the molecule is CC(OC(=O)Nc1ccc(-c2c(-c3ccc(F)cc3)c3ccc(OC4CCOCC4)cc3n2C2CCC2)cc1)C1CC1. The Bertz CT molecular complexity index is 1570. The second-order valence-electron chi connectivity index (χ2n) is 11.9. The predicted octanol–water partition coefficient (Wildman–Crippen LogP) is 8.74. The van der Waals surface area contributed by atoms with Crippen LogP contribution in [-0.4, -0.2) is 36.1 Å². The maximum atomic E-state index is 14.0. The summed E-state index contributed by atoms with van der Waals surface area (Å²) in [5, 5.41) is 4.00. The Morgan fingerprint density at radius 1 is 0.929 bits per heavy atom. The number of amides is 1. The molecule has 1 N–H and O–H groups in total. The highest BCUT2D eigenvalue weighted by Crippen LogP contribution is 2.47. The van der Waals surface area contributed by atoms with Gasteiger partial charge in [-0.1, -0.05) is 24.3 Å². The molecule has 0 bridgehead atoms. The molecule has 1 saturated heterocycles. The molecule has 1 aromatic heterocycles. The molecule has 218 valence electrons. The number of hydrogen-bond donors (Lipinski definition) is 1. The summed E-state index contributed by atoms with van der Waals surface area (Å²) in [5.74, 6) is 1.09. The van der Waals surface area contributed by atoms with E-state index in [0.29, 0.717) is 17.6 Å². The summed E-state index contributed by atoms with van der Waals surface area (Å²) in [6.45, 7) is 3.41. The minimum atomic E-state index is -0.421. The summed E-state index contributed by atoms with van der Waals surface area (Å²) in [5.41, 5.74) is 5.99. The molecule has 1 unspecified atom stereocenters. The quantitative estimate of drug-likeness (QED) is 0.231. The molecule has 2 saturated carbocycles. The Morgan fingerprint density at radius 3 is 2.31 bits per heavy atom. The normalized spacial score (nSPS) is 18.4. The van der Waals surface area contributed by atoms with Crippen molar-refractivity contribution >= 4 is 22.7 Å². The Balaban J connectivity index is 1.29. The average Bonchev–Trinajstić information content (AvgIpc) is 3.78. The van der Waals surface area contributed by atoms with Crippen LogP contribution >= 0.6 is 0 Å². The molecule has 42 heavy (non-hydrogen) atoms. The van der Waals surface area contributed by atoms with E-state index in [1.807, 2.05) is 31.2 Å². The van der Waals surface area contributed by atoms with Crippen LogP contribution in [0.15, 0.2) is 66.7 Å². The molecule has 4 aromatic rings. The first-order valence-corrected chi connectivity index (χ1v) is 15.3. The van der Waals surface area contributed by atoms with Gasteiger partial charge >= 0.3 is 6.09 Å². The van der Waals surface area contributed by atoms with Crippen LogP contribution in [0.2, 0.25) is 0 Å². The largest absolute Gasteiger partial charge is 0.490 e. The molecule has 6 nitrogen and oxygen atoms in total. The highest BCUT2D eigenvalue weighted by Gasteiger charge is 2.31. The maximum absolute atomic E-state index is 14.0. The van der Waals surface area contributed by atoms with Gasteiger partial charge < -0.3 is 18.8 Å². The molecule has 1 amide bonds. The highest BCUT2D eigenvalue weighted by atomic mass is 19.1. The summed E-state index contributed by atoms with van der Waals surface area (Å²) in [7, 11) is 0. The van der Waals surface area contributed by atoms with Crippen LogP contribution in [0, 0.1) is 11.7 Å². The zero-order valence-electron chi connectivity index (χ0n) is 24.0. The third-order valence-electron chi connectivity index (χ3n) is 9.00. The number of aromatic nitrogens is 1. The van der Waals surface area contributed by atoms with Crippen molar-refractivity contribution in [2.75, 3.05) is 18.5 Å². The number of fused-ring (bicyclic) bond motifs is 1. The first kappa shape index (κ1) is 27.0. The topological polar surface area (TPSA) is 61.7 Å². The van der Waals surface area contributed by atoms with Crippen molar-refractivity contribution in [1.82, 2.24) is 4.57 Å². The van der Waals surface area contributed by atoms with Gasteiger partial charge in [0.15, 0.2) is 0 Å². The van der Waals surface area contributed by atoms with Crippen molar-refractivity contribution < 1.29 is 23.4 Å². The molecule has 0 spiro atoms. The lowest BCUT2D eigenvalue weighted by atomic mass is 9.91. The number of hydrogen-bond acceptors (Lipinski definition) is 4. The summed E-state index contributed by atoms with van der Waals surface area (Å²) in [6.07, 6.45) is 7.09. The van der Waals surface area contributed by atoms with Crippen LogP contribution in [0.25, 0.3) is 33.3 Å². The van der Waals surface area contributed by atoms with Gasteiger partial charge in [-0.3, -0.25) is 5.32 Å². The first-order valence-electron chi connectivity index (χ1n) is 15.3. The highest BCUT2D eigenvalue weighted by molar-refractivity contribution is 6.05. The van der Waals surface area contributed by atoms with E-state index < -0.39 is 6.09 Å². The van der Waals surface area contributed by atoms with Gasteiger partial charge in [0.05, 0.1) is 24.4 Å². The molecule has 1 aliphatic heterocycles. The molecule has 0 radical (unpaired) electrons. The Labute approximate surface area is 245 Å². The lowest BCUT2D eigenvalue weighted by Crippen LogP contribution is -2.25. The number of carbonyl (C=O) groups is 1. The lowest BCUT2D eigenvalue weighted by molar-refractivity contribution is 0.0256. The van der Waals surface area contributed by atoms with Crippen LogP contribution in [0.4, 0.5) is 14.9 Å². The molecular formula is C35H37FN2O4. The number of nitrogens with zero attached hydrogens (tertiary/aromatic N) is 1. The van der Waals surface area contributed by atoms with Crippen molar-refractivity contribution in [3.63, 3.8) is 0 Å². The minimum Gasteiger partial charge on any atom is -0.490 e. The monoisotopic (exact) mass is 568 g/mol. The zero-order chi connectivity index (χ0) is 28.6. The fourth-order valence-corrected chi connectivity index (χ4v) is 6.26. The molecule has 3 fully saturated rings. The summed E-state index contributed by atoms with van der Waals surface area (Å²) >= 11 is 0. The Kier molecular flexibility index (Phi) is 7.36. The van der Waals surface area contributed by atoms with Crippen LogP contribution in [0.3, 0.4) is 0 Å². The maximum Gasteiger partial charge on any atom is 0.411 e. The number of halogens is 1. The molecule has 7 heteroatoms. The standard InChI is InChI=1S/C35H37FN2O4/c1-22(23-5-6-23)41-35(39)37-27-13-9-25(10-14-27)34-33(24-7-11-26(36)12-8-24)31-16-15-30(42-29-17-19-40-20-18-29)21-32(31)38(34)28-3-2-4-28/h7-16,21-23,28-29H,2-6,17-20H2,1H3,(H,37,39). The molecule has 2 aliphatic carbocycles. The van der Waals surface area contributed by atoms with Gasteiger partial charge in [-0.2, -0.15) is 0 Å². The van der Waals surface area contributed by atoms with E-state index in [9.17, 15) is 9.18 Å². The number of ether oxygens (including phenoxy) is 3. The van der Waals surface area contributed by atoms with E-state index in [-0.39, 0.29) is 18.0 Å². The summed E-state index contributed by atoms with van der Waals surface area (Å²) < 4.78 is 34.0. The first-order chi connectivity index (χ1) is 20.5. The second kappa shape index (κ2) is 11.4. The lowest BCUT2D eigenvalue weighted by Gasteiger charge is -2.30. The van der Waals surface area contributed by atoms with Gasteiger partial charge in [0.2, 0.25) is 0 Å². The minimum absolute atomic E-state index is 0.0685. The Morgan fingerprint density at radius 2 is 1.64 bits per heavy atom. The van der Waals surface area contributed by atoms with Gasteiger partial charge in [-0.25, -0.2) is 9.18 Å². The summed E-state index contributed by atoms with van der Waals surface area (Å²) in [6, 6.07) is 21.5. The third-order valence-corrected chi connectivity index (χ3v) is 9.00. The van der Waals surface area contributed by atoms with Crippen LogP contribution < -0.4 is 10.1 Å². The van der Waals surface area contributed by atoms with Crippen LogP contribution in [0.1, 0.15) is 57.9 Å². The summed E-state index contributed by atoms with van der Waals surface area (Å²) in [4.78, 5) is 12.5. The van der Waals surface area contributed by atoms with Gasteiger partial charge in [0.25, 0.3) is 0 Å². The molecule has 3 aromatic carbocycles. The number of nitrogens with one attached hydrogen (secondary N) is 1. The number of rotatable bonds is 8. The van der Waals surface area contributed by atoms with Crippen molar-refractivity contribution in [1.29, 1.82) is 0 Å². The van der Waals surface area contributed by atoms with E-state index in [0.717, 1.165) is 90.8 Å². The van der Waals surface area contributed by atoms with Gasteiger partial charge in [0.1, 0.15) is 23.8 Å². The number of carbonyl (C=O) groups excluding carboxylic acids is 1. The van der Waals surface area contributed by atoms with Crippen molar-refractivity contribution in [3.05, 3.63) is 72.5 Å². The van der Waals surface area contributed by atoms with E-state index in [1.165, 1.54) is 18.6 Å². The van der Waals surface area contributed by atoms with Crippen LogP contribution in [0.5, 0.6) is 5.75 Å². The van der Waals surface area contributed by atoms with Gasteiger partial charge in [-0.15, -0.1) is 0 Å². The second-order valence-corrected chi connectivity index (χ2v) is 11.9. The van der Waals surface area contributed by atoms with E-state index in [4.69, 9.17) is 14.2 Å². The van der Waals surface area contributed by atoms with Gasteiger partial charge in [0, 0.05) is 41.6 Å². The molecule has 7 rings (SSSR count). The van der Waals surface area contributed by atoms with E-state index >= 15 is 0 Å². The molecule has 3 aliphatic rings. The van der Waals surface area contributed by atoms with Crippen molar-refractivity contribution in [2.24, 2.45) is 5.92 Å². The smallest absolute Gasteiger partial charge is 0.411 e. The van der Waals surface area contributed by atoms with Crippen LogP contribution in [-0.2, 0) is 9.47 Å². The van der Waals surface area contributed by atoms with Crippen molar-refractivity contribution in [2.45, 2.75) is 70.1 Å². The average molecular weight is 569 g/mol.